The van der Waals surface area contributed by atoms with Crippen molar-refractivity contribution < 1.29 is 9.47 Å². The number of benzene rings is 1. The lowest BCUT2D eigenvalue weighted by Crippen LogP contribution is -1.88. The van der Waals surface area contributed by atoms with Gasteiger partial charge in [-0.05, 0) is 12.1 Å². The number of nitrogens with zero attached hydrogens (tertiary/aromatic N) is 3. The van der Waals surface area contributed by atoms with E-state index >= 15 is 0 Å². The van der Waals surface area contributed by atoms with Crippen LogP contribution in [0.2, 0.25) is 0 Å². The highest BCUT2D eigenvalue weighted by Crippen LogP contribution is 2.25. The maximum absolute atomic E-state index is 5.22. The largest absolute Gasteiger partial charge is 0.497 e. The van der Waals surface area contributed by atoms with E-state index in [1.54, 1.807) is 18.7 Å². The Balaban J connectivity index is 1.98. The molecule has 0 saturated carbocycles. The molecule has 5 nitrogen and oxygen atoms in total. The van der Waals surface area contributed by atoms with Crippen LogP contribution in [-0.2, 0) is 11.3 Å². The Hall–Kier alpha value is -1.92. The van der Waals surface area contributed by atoms with E-state index in [2.05, 4.69) is 10.1 Å². The summed E-state index contributed by atoms with van der Waals surface area (Å²) >= 11 is 1.53. The van der Waals surface area contributed by atoms with Crippen LogP contribution < -0.4 is 4.74 Å². The van der Waals surface area contributed by atoms with Gasteiger partial charge in [0.15, 0.2) is 0 Å². The summed E-state index contributed by atoms with van der Waals surface area (Å²) < 4.78 is 12.1. The minimum atomic E-state index is 0.516. The Kier molecular flexibility index (Phi) is 3.18. The average molecular weight is 275 g/mol. The molecule has 0 spiro atoms. The molecule has 0 saturated heterocycles. The summed E-state index contributed by atoms with van der Waals surface area (Å²) in [6, 6.07) is 7.83. The fraction of sp³-hybridized carbons (Fsp3) is 0.231. The first-order valence-corrected chi connectivity index (χ1v) is 6.60. The number of hydrogen-bond donors (Lipinski definition) is 0. The first kappa shape index (κ1) is 12.1. The second kappa shape index (κ2) is 4.99. The highest BCUT2D eigenvalue weighted by atomic mass is 32.1. The van der Waals surface area contributed by atoms with E-state index in [1.807, 2.05) is 30.5 Å². The molecular formula is C13H13N3O2S. The monoisotopic (exact) mass is 275 g/mol. The molecule has 0 amide bonds. The van der Waals surface area contributed by atoms with Crippen LogP contribution in [0.4, 0.5) is 0 Å². The highest BCUT2D eigenvalue weighted by Gasteiger charge is 2.09. The fourth-order valence-electron chi connectivity index (χ4n) is 1.84. The van der Waals surface area contributed by atoms with Crippen molar-refractivity contribution in [1.82, 2.24) is 14.6 Å². The molecule has 0 aliphatic carbocycles. The van der Waals surface area contributed by atoms with Gasteiger partial charge in [0.05, 0.1) is 25.6 Å². The molecule has 3 rings (SSSR count). The van der Waals surface area contributed by atoms with Crippen molar-refractivity contribution in [2.75, 3.05) is 14.2 Å². The molecule has 0 aliphatic heterocycles. The zero-order chi connectivity index (χ0) is 13.2. The zero-order valence-electron chi connectivity index (χ0n) is 10.7. The maximum atomic E-state index is 5.22. The van der Waals surface area contributed by atoms with E-state index < -0.39 is 0 Å². The molecule has 19 heavy (non-hydrogen) atoms. The number of hydrogen-bond acceptors (Lipinski definition) is 5. The molecule has 98 valence electrons. The Morgan fingerprint density at radius 1 is 1.32 bits per heavy atom. The van der Waals surface area contributed by atoms with E-state index in [4.69, 9.17) is 9.47 Å². The zero-order valence-corrected chi connectivity index (χ0v) is 11.5. The van der Waals surface area contributed by atoms with Crippen LogP contribution in [0.1, 0.15) is 5.01 Å². The van der Waals surface area contributed by atoms with Crippen molar-refractivity contribution in [1.29, 1.82) is 0 Å². The Morgan fingerprint density at radius 2 is 2.21 bits per heavy atom. The number of aromatic nitrogens is 3. The minimum absolute atomic E-state index is 0.516. The van der Waals surface area contributed by atoms with Gasteiger partial charge in [0.1, 0.15) is 10.8 Å². The van der Waals surface area contributed by atoms with E-state index in [1.165, 1.54) is 11.3 Å². The maximum Gasteiger partial charge on any atom is 0.212 e. The highest BCUT2D eigenvalue weighted by molar-refractivity contribution is 7.16. The van der Waals surface area contributed by atoms with Crippen LogP contribution in [0, 0.1) is 0 Å². The van der Waals surface area contributed by atoms with Gasteiger partial charge in [-0.3, -0.25) is 0 Å². The molecule has 2 aromatic heterocycles. The SMILES string of the molecule is COCc1nn2cc(-c3cccc(OC)c3)nc2s1. The smallest absolute Gasteiger partial charge is 0.212 e. The van der Waals surface area contributed by atoms with Gasteiger partial charge in [0, 0.05) is 12.7 Å². The molecule has 0 fully saturated rings. The van der Waals surface area contributed by atoms with Crippen molar-refractivity contribution in [2.45, 2.75) is 6.61 Å². The summed E-state index contributed by atoms with van der Waals surface area (Å²) in [5, 5.41) is 5.33. The van der Waals surface area contributed by atoms with Gasteiger partial charge in [0.25, 0.3) is 0 Å². The second-order valence-corrected chi connectivity index (χ2v) is 5.05. The molecule has 0 bridgehead atoms. The van der Waals surface area contributed by atoms with Crippen molar-refractivity contribution >= 4 is 16.3 Å². The van der Waals surface area contributed by atoms with E-state index in [9.17, 15) is 0 Å². The van der Waals surface area contributed by atoms with E-state index in [-0.39, 0.29) is 0 Å². The summed E-state index contributed by atoms with van der Waals surface area (Å²) in [6.45, 7) is 0.516. The molecule has 3 aromatic rings. The number of imidazole rings is 1. The van der Waals surface area contributed by atoms with Gasteiger partial charge in [-0.2, -0.15) is 5.10 Å². The standard InChI is InChI=1S/C13H13N3O2S/c1-17-8-12-15-16-7-11(14-13(16)19-12)9-4-3-5-10(6-9)18-2/h3-7H,8H2,1-2H3. The third-order valence-corrected chi connectivity index (χ3v) is 3.61. The first-order valence-electron chi connectivity index (χ1n) is 5.78. The van der Waals surface area contributed by atoms with Gasteiger partial charge in [0.2, 0.25) is 4.96 Å². The van der Waals surface area contributed by atoms with Gasteiger partial charge in [-0.25, -0.2) is 9.50 Å². The lowest BCUT2D eigenvalue weighted by atomic mass is 10.1. The third kappa shape index (κ3) is 2.32. The molecule has 0 radical (unpaired) electrons. The number of ether oxygens (including phenoxy) is 2. The van der Waals surface area contributed by atoms with Crippen molar-refractivity contribution in [3.05, 3.63) is 35.5 Å². The first-order chi connectivity index (χ1) is 9.30. The van der Waals surface area contributed by atoms with Crippen LogP contribution in [0.25, 0.3) is 16.2 Å². The minimum Gasteiger partial charge on any atom is -0.497 e. The Bertz CT molecular complexity index is 673. The summed E-state index contributed by atoms with van der Waals surface area (Å²) in [5.74, 6) is 0.821. The lowest BCUT2D eigenvalue weighted by Gasteiger charge is -2.01. The molecule has 6 heteroatoms. The Labute approximate surface area is 114 Å². The molecule has 0 unspecified atom stereocenters. The van der Waals surface area contributed by atoms with Crippen molar-refractivity contribution in [3.8, 4) is 17.0 Å². The lowest BCUT2D eigenvalue weighted by molar-refractivity contribution is 0.183. The quantitative estimate of drug-likeness (QED) is 0.734. The molecule has 0 atom stereocenters. The molecule has 1 aromatic carbocycles. The molecule has 0 aliphatic rings. The summed E-state index contributed by atoms with van der Waals surface area (Å²) in [6.07, 6.45) is 1.92. The number of rotatable bonds is 4. The third-order valence-electron chi connectivity index (χ3n) is 2.72. The molecular weight excluding hydrogens is 262 g/mol. The number of fused-ring (bicyclic) bond motifs is 1. The summed E-state index contributed by atoms with van der Waals surface area (Å²) in [5.41, 5.74) is 1.91. The second-order valence-electron chi connectivity index (χ2n) is 4.01. The van der Waals surface area contributed by atoms with Crippen LogP contribution in [0.15, 0.2) is 30.5 Å². The van der Waals surface area contributed by atoms with Crippen LogP contribution in [-0.4, -0.2) is 28.8 Å². The number of methoxy groups -OCH3 is 2. The predicted octanol–water partition coefficient (Wildman–Crippen LogP) is 2.61. The van der Waals surface area contributed by atoms with E-state index in [0.717, 1.165) is 27.0 Å². The molecule has 0 N–H and O–H groups in total. The normalized spacial score (nSPS) is 11.1. The van der Waals surface area contributed by atoms with Crippen molar-refractivity contribution in [3.63, 3.8) is 0 Å². The fourth-order valence-corrected chi connectivity index (χ4v) is 2.69. The summed E-state index contributed by atoms with van der Waals surface area (Å²) in [4.78, 5) is 5.43. The van der Waals surface area contributed by atoms with Crippen LogP contribution >= 0.6 is 11.3 Å². The predicted molar refractivity (Wildman–Crippen MR) is 73.6 cm³/mol. The Morgan fingerprint density at radius 3 is 2.95 bits per heavy atom. The van der Waals surface area contributed by atoms with Crippen LogP contribution in [0.5, 0.6) is 5.75 Å². The molecule has 2 heterocycles. The van der Waals surface area contributed by atoms with E-state index in [0.29, 0.717) is 6.61 Å². The topological polar surface area (TPSA) is 48.7 Å². The van der Waals surface area contributed by atoms with Gasteiger partial charge in [-0.1, -0.05) is 23.5 Å². The summed E-state index contributed by atoms with van der Waals surface area (Å²) in [7, 11) is 3.31. The van der Waals surface area contributed by atoms with Crippen LogP contribution in [0.3, 0.4) is 0 Å². The van der Waals surface area contributed by atoms with Gasteiger partial charge in [-0.15, -0.1) is 0 Å². The van der Waals surface area contributed by atoms with Gasteiger partial charge >= 0.3 is 0 Å². The van der Waals surface area contributed by atoms with Gasteiger partial charge < -0.3 is 9.47 Å². The van der Waals surface area contributed by atoms with Crippen molar-refractivity contribution in [2.24, 2.45) is 0 Å². The average Bonchev–Trinajstić information content (AvgIpc) is 2.97.